The number of piperidine rings is 1. The number of nitrogens with zero attached hydrogens (tertiary/aromatic N) is 1. The zero-order chi connectivity index (χ0) is 13.2. The van der Waals surface area contributed by atoms with Crippen molar-refractivity contribution in [2.24, 2.45) is 0 Å². The molecule has 0 aromatic carbocycles. The third-order valence-corrected chi connectivity index (χ3v) is 4.98. The number of fused-ring (bicyclic) bond motifs is 2. The van der Waals surface area contributed by atoms with Crippen molar-refractivity contribution in [3.8, 4) is 0 Å². The van der Waals surface area contributed by atoms with Crippen LogP contribution in [0.1, 0.15) is 32.1 Å². The molecule has 2 aliphatic rings. The van der Waals surface area contributed by atoms with Crippen molar-refractivity contribution in [2.75, 3.05) is 26.4 Å². The third kappa shape index (κ3) is 3.91. The van der Waals surface area contributed by atoms with E-state index in [1.807, 2.05) is 0 Å². The highest BCUT2D eigenvalue weighted by atomic mass is 32.2. The van der Waals surface area contributed by atoms with Crippen molar-refractivity contribution < 1.29 is 8.42 Å². The fraction of sp³-hybridized carbons (Fsp3) is 1.00. The molecule has 2 bridgehead atoms. The van der Waals surface area contributed by atoms with Gasteiger partial charge < -0.3 is 10.2 Å². The first-order chi connectivity index (χ1) is 8.46. The van der Waals surface area contributed by atoms with Gasteiger partial charge in [-0.2, -0.15) is 0 Å². The predicted octanol–water partition coefficient (Wildman–Crippen LogP) is 0.141. The maximum absolute atomic E-state index is 10.9. The van der Waals surface area contributed by atoms with Crippen LogP contribution >= 0.6 is 0 Å². The number of nitrogens with one attached hydrogen (secondary N) is 2. The van der Waals surface area contributed by atoms with Crippen molar-refractivity contribution in [1.29, 1.82) is 0 Å². The molecule has 5 nitrogen and oxygen atoms in total. The van der Waals surface area contributed by atoms with E-state index in [0.717, 1.165) is 25.0 Å². The molecular formula is C12H25N3O2S. The van der Waals surface area contributed by atoms with Gasteiger partial charge in [0, 0.05) is 24.7 Å². The second kappa shape index (κ2) is 5.86. The van der Waals surface area contributed by atoms with Gasteiger partial charge >= 0.3 is 0 Å². The molecule has 0 saturated carbocycles. The highest BCUT2D eigenvalue weighted by Crippen LogP contribution is 2.33. The smallest absolute Gasteiger partial charge is 0.208 e. The van der Waals surface area contributed by atoms with Crippen LogP contribution in [-0.2, 0) is 10.0 Å². The van der Waals surface area contributed by atoms with Crippen molar-refractivity contribution >= 4 is 10.0 Å². The number of rotatable bonds is 6. The molecule has 0 aromatic heterocycles. The molecule has 0 spiro atoms. The Hall–Kier alpha value is -0.170. The lowest BCUT2D eigenvalue weighted by Crippen LogP contribution is -2.47. The number of hydrogen-bond donors (Lipinski definition) is 2. The lowest BCUT2D eigenvalue weighted by atomic mass is 9.98. The molecule has 2 rings (SSSR count). The van der Waals surface area contributed by atoms with Gasteiger partial charge in [-0.15, -0.1) is 0 Å². The molecule has 0 aliphatic carbocycles. The van der Waals surface area contributed by atoms with Gasteiger partial charge in [0.05, 0.1) is 6.26 Å². The molecule has 2 heterocycles. The van der Waals surface area contributed by atoms with E-state index in [2.05, 4.69) is 22.0 Å². The summed E-state index contributed by atoms with van der Waals surface area (Å²) in [6.07, 6.45) is 7.23. The average molecular weight is 275 g/mol. The Labute approximate surface area is 110 Å². The number of sulfonamides is 1. The van der Waals surface area contributed by atoms with E-state index in [-0.39, 0.29) is 0 Å². The van der Waals surface area contributed by atoms with Gasteiger partial charge in [-0.25, -0.2) is 13.1 Å². The largest absolute Gasteiger partial charge is 0.314 e. The molecule has 2 fully saturated rings. The predicted molar refractivity (Wildman–Crippen MR) is 73.1 cm³/mol. The van der Waals surface area contributed by atoms with Gasteiger partial charge in [0.2, 0.25) is 10.0 Å². The normalized spacial score (nSPS) is 32.9. The van der Waals surface area contributed by atoms with Crippen LogP contribution in [0.4, 0.5) is 0 Å². The first-order valence-corrected chi connectivity index (χ1v) is 8.75. The fourth-order valence-corrected chi connectivity index (χ4v) is 3.75. The second-order valence-electron chi connectivity index (χ2n) is 5.69. The molecule has 18 heavy (non-hydrogen) atoms. The molecule has 2 saturated heterocycles. The van der Waals surface area contributed by atoms with E-state index in [1.165, 1.54) is 31.9 Å². The van der Waals surface area contributed by atoms with Gasteiger partial charge in [0.25, 0.3) is 0 Å². The zero-order valence-corrected chi connectivity index (χ0v) is 12.2. The number of hydrogen-bond acceptors (Lipinski definition) is 4. The standard InChI is InChI=1S/C12H25N3O2S/c1-15-11-4-5-12(15)9-10(8-11)13-6-3-7-14-18(2,16)17/h10-14H,3-9H2,1-2H3. The highest BCUT2D eigenvalue weighted by Gasteiger charge is 2.37. The minimum atomic E-state index is -3.03. The van der Waals surface area contributed by atoms with Crippen molar-refractivity contribution in [1.82, 2.24) is 14.9 Å². The van der Waals surface area contributed by atoms with E-state index in [0.29, 0.717) is 12.6 Å². The quantitative estimate of drug-likeness (QED) is 0.677. The summed E-state index contributed by atoms with van der Waals surface area (Å²) in [5.74, 6) is 0. The first-order valence-electron chi connectivity index (χ1n) is 6.85. The summed E-state index contributed by atoms with van der Waals surface area (Å²) in [4.78, 5) is 2.53. The Morgan fingerprint density at radius 2 is 1.78 bits per heavy atom. The van der Waals surface area contributed by atoms with E-state index >= 15 is 0 Å². The summed E-state index contributed by atoms with van der Waals surface area (Å²) in [5.41, 5.74) is 0. The van der Waals surface area contributed by atoms with Gasteiger partial charge in [-0.1, -0.05) is 0 Å². The van der Waals surface area contributed by atoms with Crippen molar-refractivity contribution in [3.63, 3.8) is 0 Å². The summed E-state index contributed by atoms with van der Waals surface area (Å²) in [6.45, 7) is 1.43. The van der Waals surface area contributed by atoms with E-state index < -0.39 is 10.0 Å². The lowest BCUT2D eigenvalue weighted by molar-refractivity contribution is 0.149. The second-order valence-corrected chi connectivity index (χ2v) is 7.53. The molecule has 2 unspecified atom stereocenters. The van der Waals surface area contributed by atoms with Crippen molar-refractivity contribution in [2.45, 2.75) is 50.2 Å². The van der Waals surface area contributed by atoms with Crippen LogP contribution in [0.2, 0.25) is 0 Å². The molecule has 2 atom stereocenters. The van der Waals surface area contributed by atoms with E-state index in [9.17, 15) is 8.42 Å². The Balaban J connectivity index is 1.61. The summed E-state index contributed by atoms with van der Waals surface area (Å²) < 4.78 is 24.3. The molecular weight excluding hydrogens is 250 g/mol. The van der Waals surface area contributed by atoms with Gasteiger partial charge in [0.1, 0.15) is 0 Å². The van der Waals surface area contributed by atoms with Gasteiger partial charge in [0.15, 0.2) is 0 Å². The van der Waals surface area contributed by atoms with Crippen LogP contribution in [0.15, 0.2) is 0 Å². The van der Waals surface area contributed by atoms with E-state index in [1.54, 1.807) is 0 Å². The minimum absolute atomic E-state index is 0.533. The molecule has 0 amide bonds. The lowest BCUT2D eigenvalue weighted by Gasteiger charge is -2.36. The maximum Gasteiger partial charge on any atom is 0.208 e. The summed E-state index contributed by atoms with van der Waals surface area (Å²) in [6, 6.07) is 2.14. The summed E-state index contributed by atoms with van der Waals surface area (Å²) in [7, 11) is -0.784. The Morgan fingerprint density at radius 1 is 1.17 bits per heavy atom. The van der Waals surface area contributed by atoms with Gasteiger partial charge in [-0.05, 0) is 45.7 Å². The van der Waals surface area contributed by atoms with Crippen LogP contribution in [0, 0.1) is 0 Å². The van der Waals surface area contributed by atoms with E-state index in [4.69, 9.17) is 0 Å². The SMILES string of the molecule is CN1C2CCC1CC(NCCCNS(C)(=O)=O)C2. The van der Waals surface area contributed by atoms with Crippen LogP contribution in [0.5, 0.6) is 0 Å². The van der Waals surface area contributed by atoms with Crippen LogP contribution in [0.25, 0.3) is 0 Å². The summed E-state index contributed by atoms with van der Waals surface area (Å²) in [5, 5.41) is 3.57. The Morgan fingerprint density at radius 3 is 2.33 bits per heavy atom. The maximum atomic E-state index is 10.9. The van der Waals surface area contributed by atoms with Crippen molar-refractivity contribution in [3.05, 3.63) is 0 Å². The molecule has 0 aromatic rings. The van der Waals surface area contributed by atoms with Crippen LogP contribution < -0.4 is 10.0 Å². The summed E-state index contributed by atoms with van der Waals surface area (Å²) >= 11 is 0. The molecule has 2 N–H and O–H groups in total. The fourth-order valence-electron chi connectivity index (χ4n) is 3.23. The molecule has 0 radical (unpaired) electrons. The van der Waals surface area contributed by atoms with Gasteiger partial charge in [-0.3, -0.25) is 0 Å². The third-order valence-electron chi connectivity index (χ3n) is 4.25. The molecule has 106 valence electrons. The first kappa shape index (κ1) is 14.2. The Bertz CT molecular complexity index is 358. The highest BCUT2D eigenvalue weighted by molar-refractivity contribution is 7.88. The van der Waals surface area contributed by atoms with Crippen LogP contribution in [-0.4, -0.2) is 57.8 Å². The zero-order valence-electron chi connectivity index (χ0n) is 11.4. The Kier molecular flexibility index (Phi) is 4.64. The average Bonchev–Trinajstić information content (AvgIpc) is 2.51. The minimum Gasteiger partial charge on any atom is -0.314 e. The molecule has 2 aliphatic heterocycles. The topological polar surface area (TPSA) is 61.4 Å². The molecule has 6 heteroatoms. The monoisotopic (exact) mass is 275 g/mol. The van der Waals surface area contributed by atoms with Crippen LogP contribution in [0.3, 0.4) is 0 Å².